The Morgan fingerprint density at radius 1 is 1.47 bits per heavy atom. The first kappa shape index (κ1) is 13.6. The van der Waals surface area contributed by atoms with Gasteiger partial charge in [0.15, 0.2) is 5.82 Å². The first-order valence-corrected chi connectivity index (χ1v) is 6.58. The van der Waals surface area contributed by atoms with Gasteiger partial charge < -0.3 is 0 Å². The second-order valence-electron chi connectivity index (χ2n) is 4.13. The predicted octanol–water partition coefficient (Wildman–Crippen LogP) is 3.30. The van der Waals surface area contributed by atoms with Crippen LogP contribution in [-0.2, 0) is 6.42 Å². The molecule has 1 aromatic heterocycles. The van der Waals surface area contributed by atoms with Crippen LogP contribution in [0, 0.1) is 10.6 Å². The minimum atomic E-state index is -0.309. The quantitative estimate of drug-likeness (QED) is 0.673. The van der Waals surface area contributed by atoms with Crippen molar-refractivity contribution in [3.63, 3.8) is 0 Å². The summed E-state index contributed by atoms with van der Waals surface area (Å²) in [5.74, 6) is 0.454. The lowest BCUT2D eigenvalue weighted by Gasteiger charge is -1.99. The van der Waals surface area contributed by atoms with Crippen LogP contribution in [0.2, 0.25) is 0 Å². The van der Waals surface area contributed by atoms with Gasteiger partial charge >= 0.3 is 0 Å². The van der Waals surface area contributed by atoms with Crippen molar-refractivity contribution in [3.8, 4) is 0 Å². The van der Waals surface area contributed by atoms with E-state index in [1.165, 1.54) is 17.0 Å². The van der Waals surface area contributed by atoms with E-state index >= 15 is 0 Å². The van der Waals surface area contributed by atoms with Crippen LogP contribution in [0.4, 0.5) is 4.39 Å². The number of nitrogens with zero attached hydrogens (tertiary/aromatic N) is 3. The van der Waals surface area contributed by atoms with Crippen molar-refractivity contribution >= 4 is 18.4 Å². The molecule has 2 aromatic rings. The highest BCUT2D eigenvalue weighted by Gasteiger charge is 2.04. The van der Waals surface area contributed by atoms with Gasteiger partial charge in [0.1, 0.15) is 5.82 Å². The van der Waals surface area contributed by atoms with Crippen LogP contribution in [-0.4, -0.2) is 21.1 Å². The lowest BCUT2D eigenvalue weighted by Crippen LogP contribution is -1.99. The van der Waals surface area contributed by atoms with Crippen molar-refractivity contribution in [1.29, 1.82) is 0 Å². The monoisotopic (exact) mass is 278 g/mol. The second kappa shape index (κ2) is 6.38. The Balaban J connectivity index is 2.26. The number of H-pyrrole nitrogens is 1. The van der Waals surface area contributed by atoms with Crippen LogP contribution >= 0.6 is 12.2 Å². The third-order valence-electron chi connectivity index (χ3n) is 2.69. The smallest absolute Gasteiger partial charge is 0.216 e. The molecule has 100 valence electrons. The van der Waals surface area contributed by atoms with Gasteiger partial charge in [0, 0.05) is 12.0 Å². The lowest BCUT2D eigenvalue weighted by atomic mass is 10.2. The first-order chi connectivity index (χ1) is 9.22. The molecule has 0 aliphatic heterocycles. The predicted molar refractivity (Wildman–Crippen MR) is 75.4 cm³/mol. The number of aryl methyl sites for hydroxylation is 1. The SMILES string of the molecule is CCCCc1n[nH]c(=S)n1/N=C/c1ccccc1F. The Morgan fingerprint density at radius 2 is 2.26 bits per heavy atom. The standard InChI is InChI=1S/C13H15FN4S/c1-2-3-8-12-16-17-13(19)18(12)15-9-10-6-4-5-7-11(10)14/h4-7,9H,2-3,8H2,1H3,(H,17,19)/b15-9+. The highest BCUT2D eigenvalue weighted by Crippen LogP contribution is 2.06. The van der Waals surface area contributed by atoms with Crippen LogP contribution in [0.3, 0.4) is 0 Å². The van der Waals surface area contributed by atoms with E-state index in [-0.39, 0.29) is 5.82 Å². The summed E-state index contributed by atoms with van der Waals surface area (Å²) in [5.41, 5.74) is 0.423. The molecule has 0 atom stereocenters. The summed E-state index contributed by atoms with van der Waals surface area (Å²) in [6, 6.07) is 6.46. The zero-order chi connectivity index (χ0) is 13.7. The van der Waals surface area contributed by atoms with Crippen LogP contribution < -0.4 is 0 Å². The number of rotatable bonds is 5. The van der Waals surface area contributed by atoms with Crippen molar-refractivity contribution < 1.29 is 4.39 Å². The molecule has 0 aliphatic carbocycles. The number of nitrogens with one attached hydrogen (secondary N) is 1. The van der Waals surface area contributed by atoms with Gasteiger partial charge in [-0.15, -0.1) is 0 Å². The molecule has 0 bridgehead atoms. The molecule has 0 unspecified atom stereocenters. The molecule has 0 saturated heterocycles. The molecule has 0 amide bonds. The van der Waals surface area contributed by atoms with E-state index in [1.54, 1.807) is 18.2 Å². The Labute approximate surface area is 116 Å². The van der Waals surface area contributed by atoms with Crippen molar-refractivity contribution in [3.05, 3.63) is 46.2 Å². The molecule has 0 radical (unpaired) electrons. The minimum Gasteiger partial charge on any atom is -0.250 e. The van der Waals surface area contributed by atoms with E-state index in [1.807, 2.05) is 0 Å². The normalized spacial score (nSPS) is 11.3. The second-order valence-corrected chi connectivity index (χ2v) is 4.51. The summed E-state index contributed by atoms with van der Waals surface area (Å²) in [4.78, 5) is 0. The molecular weight excluding hydrogens is 263 g/mol. The summed E-state index contributed by atoms with van der Waals surface area (Å²) in [5, 5.41) is 11.0. The molecular formula is C13H15FN4S. The first-order valence-electron chi connectivity index (χ1n) is 6.17. The largest absolute Gasteiger partial charge is 0.250 e. The number of aromatic amines is 1. The molecule has 0 spiro atoms. The van der Waals surface area contributed by atoms with Crippen molar-refractivity contribution in [1.82, 2.24) is 14.9 Å². The van der Waals surface area contributed by atoms with Crippen LogP contribution in [0.5, 0.6) is 0 Å². The number of benzene rings is 1. The zero-order valence-corrected chi connectivity index (χ0v) is 11.5. The van der Waals surface area contributed by atoms with Gasteiger partial charge in [0.2, 0.25) is 4.77 Å². The van der Waals surface area contributed by atoms with Crippen molar-refractivity contribution in [2.75, 3.05) is 0 Å². The van der Waals surface area contributed by atoms with Gasteiger partial charge in [0.05, 0.1) is 6.21 Å². The molecule has 1 N–H and O–H groups in total. The number of hydrogen-bond acceptors (Lipinski definition) is 3. The maximum atomic E-state index is 13.5. The van der Waals surface area contributed by atoms with E-state index in [4.69, 9.17) is 12.2 Å². The minimum absolute atomic E-state index is 0.309. The van der Waals surface area contributed by atoms with Gasteiger partial charge in [-0.2, -0.15) is 14.9 Å². The zero-order valence-electron chi connectivity index (χ0n) is 10.6. The van der Waals surface area contributed by atoms with E-state index in [9.17, 15) is 4.39 Å². The van der Waals surface area contributed by atoms with Gasteiger partial charge in [-0.1, -0.05) is 31.5 Å². The highest BCUT2D eigenvalue weighted by molar-refractivity contribution is 7.71. The van der Waals surface area contributed by atoms with E-state index in [2.05, 4.69) is 22.2 Å². The van der Waals surface area contributed by atoms with Gasteiger partial charge in [-0.05, 0) is 24.7 Å². The van der Waals surface area contributed by atoms with E-state index in [0.29, 0.717) is 10.3 Å². The number of halogens is 1. The van der Waals surface area contributed by atoms with E-state index in [0.717, 1.165) is 25.1 Å². The lowest BCUT2D eigenvalue weighted by molar-refractivity contribution is 0.625. The molecule has 0 aliphatic rings. The average molecular weight is 278 g/mol. The van der Waals surface area contributed by atoms with Crippen LogP contribution in [0.1, 0.15) is 31.2 Å². The third-order valence-corrected chi connectivity index (χ3v) is 2.95. The van der Waals surface area contributed by atoms with Gasteiger partial charge in [-0.25, -0.2) is 4.39 Å². The summed E-state index contributed by atoms with van der Waals surface area (Å²) >= 11 is 5.11. The molecule has 4 nitrogen and oxygen atoms in total. The topological polar surface area (TPSA) is 46.0 Å². The maximum absolute atomic E-state index is 13.5. The summed E-state index contributed by atoms with van der Waals surface area (Å²) in [6.07, 6.45) is 4.32. The third kappa shape index (κ3) is 3.35. The Bertz CT molecular complexity index is 630. The fourth-order valence-electron chi connectivity index (χ4n) is 1.64. The van der Waals surface area contributed by atoms with E-state index < -0.39 is 0 Å². The van der Waals surface area contributed by atoms with Gasteiger partial charge in [-0.3, -0.25) is 5.10 Å². The fourth-order valence-corrected chi connectivity index (χ4v) is 1.84. The number of hydrogen-bond donors (Lipinski definition) is 1. The molecule has 19 heavy (non-hydrogen) atoms. The summed E-state index contributed by atoms with van der Waals surface area (Å²) in [6.45, 7) is 2.11. The molecule has 0 fully saturated rings. The number of unbranched alkanes of at least 4 members (excludes halogenated alkanes) is 1. The average Bonchev–Trinajstić information content (AvgIpc) is 2.76. The fraction of sp³-hybridized carbons (Fsp3) is 0.308. The van der Waals surface area contributed by atoms with Crippen LogP contribution in [0.15, 0.2) is 29.4 Å². The van der Waals surface area contributed by atoms with Crippen molar-refractivity contribution in [2.24, 2.45) is 5.10 Å². The Hall–Kier alpha value is -1.82. The summed E-state index contributed by atoms with van der Waals surface area (Å²) < 4.78 is 15.4. The molecule has 0 saturated carbocycles. The molecule has 1 heterocycles. The highest BCUT2D eigenvalue weighted by atomic mass is 32.1. The van der Waals surface area contributed by atoms with Crippen molar-refractivity contribution in [2.45, 2.75) is 26.2 Å². The molecule has 2 rings (SSSR count). The molecule has 1 aromatic carbocycles. The maximum Gasteiger partial charge on any atom is 0.216 e. The molecule has 6 heteroatoms. The summed E-state index contributed by atoms with van der Waals surface area (Å²) in [7, 11) is 0. The van der Waals surface area contributed by atoms with Crippen LogP contribution in [0.25, 0.3) is 0 Å². The number of aromatic nitrogens is 3. The Kier molecular flexibility index (Phi) is 4.57. The Morgan fingerprint density at radius 3 is 3.00 bits per heavy atom. The van der Waals surface area contributed by atoms with Gasteiger partial charge in [0.25, 0.3) is 0 Å².